The Kier molecular flexibility index (Phi) is 5.72. The third kappa shape index (κ3) is 4.08. The summed E-state index contributed by atoms with van der Waals surface area (Å²) in [6, 6.07) is 10.3. The molecule has 2 nitrogen and oxygen atoms in total. The fraction of sp³-hybridized carbons (Fsp3) is 0.200. The predicted octanol–water partition coefficient (Wildman–Crippen LogP) is -0.297. The maximum Gasteiger partial charge on any atom is 0.196 e. The van der Waals surface area contributed by atoms with E-state index in [-0.39, 0.29) is 17.0 Å². The van der Waals surface area contributed by atoms with Crippen LogP contribution < -0.4 is 21.5 Å². The standard InChI is InChI=1S/C15H17N2.BrH/c1-13-12-17(14(2)11-16-13)10-6-9-15-7-4-3-5-8-15;/h3-9,11-12H,10H2,1-2H3;1H/q+1;/p-1. The van der Waals surface area contributed by atoms with Crippen LogP contribution in [0.25, 0.3) is 6.08 Å². The fourth-order valence-electron chi connectivity index (χ4n) is 1.69. The van der Waals surface area contributed by atoms with Gasteiger partial charge in [0, 0.05) is 6.92 Å². The fourth-order valence-corrected chi connectivity index (χ4v) is 1.69. The zero-order valence-electron chi connectivity index (χ0n) is 10.7. The molecular weight excluding hydrogens is 288 g/mol. The molecule has 94 valence electrons. The van der Waals surface area contributed by atoms with E-state index in [1.165, 1.54) is 11.3 Å². The van der Waals surface area contributed by atoms with Gasteiger partial charge in [-0.1, -0.05) is 36.4 Å². The molecule has 0 unspecified atom stereocenters. The van der Waals surface area contributed by atoms with Crippen molar-refractivity contribution in [2.75, 3.05) is 0 Å². The summed E-state index contributed by atoms with van der Waals surface area (Å²) in [6.07, 6.45) is 8.29. The van der Waals surface area contributed by atoms with E-state index in [4.69, 9.17) is 0 Å². The van der Waals surface area contributed by atoms with Crippen LogP contribution in [0.5, 0.6) is 0 Å². The average Bonchev–Trinajstić information content (AvgIpc) is 2.35. The van der Waals surface area contributed by atoms with Crippen LogP contribution in [0.15, 0.2) is 48.8 Å². The number of aryl methyl sites for hydroxylation is 2. The van der Waals surface area contributed by atoms with E-state index in [0.717, 1.165) is 12.2 Å². The van der Waals surface area contributed by atoms with E-state index in [1.807, 2.05) is 19.2 Å². The van der Waals surface area contributed by atoms with Crippen molar-refractivity contribution in [3.8, 4) is 0 Å². The first kappa shape index (κ1) is 14.6. The molecule has 3 heteroatoms. The summed E-state index contributed by atoms with van der Waals surface area (Å²) in [5, 5.41) is 0. The average molecular weight is 305 g/mol. The lowest BCUT2D eigenvalue weighted by Crippen LogP contribution is -3.00. The van der Waals surface area contributed by atoms with Gasteiger partial charge in [0.1, 0.15) is 5.69 Å². The smallest absolute Gasteiger partial charge is 0.196 e. The number of rotatable bonds is 3. The minimum absolute atomic E-state index is 0. The minimum Gasteiger partial charge on any atom is -1.00 e. The maximum absolute atomic E-state index is 4.26. The number of benzene rings is 1. The zero-order valence-corrected chi connectivity index (χ0v) is 12.3. The van der Waals surface area contributed by atoms with E-state index < -0.39 is 0 Å². The maximum atomic E-state index is 4.26. The monoisotopic (exact) mass is 304 g/mol. The Hall–Kier alpha value is -1.48. The van der Waals surface area contributed by atoms with Gasteiger partial charge in [-0.15, -0.1) is 0 Å². The van der Waals surface area contributed by atoms with Gasteiger partial charge in [0.05, 0.1) is 6.20 Å². The number of hydrogen-bond acceptors (Lipinski definition) is 1. The third-order valence-corrected chi connectivity index (χ3v) is 2.66. The molecule has 0 saturated heterocycles. The second-order valence-corrected chi connectivity index (χ2v) is 4.14. The van der Waals surface area contributed by atoms with Gasteiger partial charge in [-0.05, 0) is 18.6 Å². The first-order valence-corrected chi connectivity index (χ1v) is 5.80. The summed E-state index contributed by atoms with van der Waals surface area (Å²) in [4.78, 5) is 4.26. The van der Waals surface area contributed by atoms with E-state index >= 15 is 0 Å². The van der Waals surface area contributed by atoms with Crippen LogP contribution in [0.3, 0.4) is 0 Å². The first-order valence-electron chi connectivity index (χ1n) is 5.80. The van der Waals surface area contributed by atoms with Crippen LogP contribution in [0.1, 0.15) is 17.0 Å². The van der Waals surface area contributed by atoms with Gasteiger partial charge in [0.15, 0.2) is 18.4 Å². The zero-order chi connectivity index (χ0) is 12.1. The lowest BCUT2D eigenvalue weighted by Gasteiger charge is -1.97. The Morgan fingerprint density at radius 3 is 2.61 bits per heavy atom. The summed E-state index contributed by atoms with van der Waals surface area (Å²) in [5.74, 6) is 0. The Balaban J connectivity index is 0.00000162. The number of halogens is 1. The van der Waals surface area contributed by atoms with Crippen LogP contribution >= 0.6 is 0 Å². The molecule has 0 N–H and O–H groups in total. The third-order valence-electron chi connectivity index (χ3n) is 2.66. The molecule has 0 aliphatic rings. The normalized spacial score (nSPS) is 10.3. The number of aromatic nitrogens is 2. The van der Waals surface area contributed by atoms with Gasteiger partial charge >= 0.3 is 0 Å². The summed E-state index contributed by atoms with van der Waals surface area (Å²) >= 11 is 0. The summed E-state index contributed by atoms with van der Waals surface area (Å²) < 4.78 is 2.20. The number of allylic oxidation sites excluding steroid dienone is 1. The first-order chi connectivity index (χ1) is 8.25. The molecule has 18 heavy (non-hydrogen) atoms. The van der Waals surface area contributed by atoms with E-state index in [0.29, 0.717) is 0 Å². The Labute approximate surface area is 119 Å². The molecule has 0 fully saturated rings. The number of hydrogen-bond donors (Lipinski definition) is 0. The van der Waals surface area contributed by atoms with Crippen molar-refractivity contribution >= 4 is 6.08 Å². The minimum atomic E-state index is 0. The lowest BCUT2D eigenvalue weighted by atomic mass is 10.2. The molecule has 1 aromatic heterocycles. The van der Waals surface area contributed by atoms with E-state index in [1.54, 1.807) is 0 Å². The van der Waals surface area contributed by atoms with Crippen molar-refractivity contribution in [3.05, 3.63) is 65.8 Å². The Morgan fingerprint density at radius 2 is 1.89 bits per heavy atom. The van der Waals surface area contributed by atoms with Gasteiger partial charge in [-0.3, -0.25) is 0 Å². The van der Waals surface area contributed by atoms with Crippen molar-refractivity contribution in [1.29, 1.82) is 0 Å². The van der Waals surface area contributed by atoms with Crippen molar-refractivity contribution in [1.82, 2.24) is 4.98 Å². The predicted molar refractivity (Wildman–Crippen MR) is 69.4 cm³/mol. The van der Waals surface area contributed by atoms with Gasteiger partial charge in [-0.2, -0.15) is 4.57 Å². The summed E-state index contributed by atoms with van der Waals surface area (Å²) in [5.41, 5.74) is 3.45. The van der Waals surface area contributed by atoms with Gasteiger partial charge in [-0.25, -0.2) is 4.98 Å². The van der Waals surface area contributed by atoms with Crippen LogP contribution in [0.4, 0.5) is 0 Å². The van der Waals surface area contributed by atoms with Gasteiger partial charge in [0.25, 0.3) is 0 Å². The highest BCUT2D eigenvalue weighted by molar-refractivity contribution is 5.48. The molecule has 1 heterocycles. The summed E-state index contributed by atoms with van der Waals surface area (Å²) in [7, 11) is 0. The van der Waals surface area contributed by atoms with Gasteiger partial charge < -0.3 is 17.0 Å². The highest BCUT2D eigenvalue weighted by Gasteiger charge is 2.04. The van der Waals surface area contributed by atoms with Crippen molar-refractivity contribution in [2.45, 2.75) is 20.4 Å². The molecule has 2 rings (SSSR count). The van der Waals surface area contributed by atoms with Crippen LogP contribution in [0.2, 0.25) is 0 Å². The Bertz CT molecular complexity index is 521. The molecule has 1 aromatic carbocycles. The summed E-state index contributed by atoms with van der Waals surface area (Å²) in [6.45, 7) is 4.96. The van der Waals surface area contributed by atoms with Crippen LogP contribution in [-0.2, 0) is 6.54 Å². The molecule has 0 saturated carbocycles. The van der Waals surface area contributed by atoms with E-state index in [9.17, 15) is 0 Å². The molecule has 0 radical (unpaired) electrons. The Morgan fingerprint density at radius 1 is 1.17 bits per heavy atom. The molecule has 0 atom stereocenters. The molecule has 0 spiro atoms. The topological polar surface area (TPSA) is 16.8 Å². The highest BCUT2D eigenvalue weighted by atomic mass is 79.9. The van der Waals surface area contributed by atoms with Gasteiger partial charge in [0.2, 0.25) is 0 Å². The van der Waals surface area contributed by atoms with Crippen LogP contribution in [0, 0.1) is 13.8 Å². The highest BCUT2D eigenvalue weighted by Crippen LogP contribution is 2.00. The van der Waals surface area contributed by atoms with Crippen molar-refractivity contribution in [2.24, 2.45) is 0 Å². The number of nitrogens with zero attached hydrogens (tertiary/aromatic N) is 2. The largest absolute Gasteiger partial charge is 1.00 e. The second kappa shape index (κ2) is 7.07. The molecule has 0 aliphatic heterocycles. The SMILES string of the molecule is Cc1c[n+](CC=Cc2ccccc2)c(C)cn1.[Br-]. The molecule has 2 aromatic rings. The van der Waals surface area contributed by atoms with E-state index in [2.05, 4.69) is 59.1 Å². The van der Waals surface area contributed by atoms with Crippen molar-refractivity contribution in [3.63, 3.8) is 0 Å². The molecule has 0 aliphatic carbocycles. The quantitative estimate of drug-likeness (QED) is 0.712. The molecule has 0 amide bonds. The molecule has 0 bridgehead atoms. The van der Waals surface area contributed by atoms with Crippen LogP contribution in [-0.4, -0.2) is 4.98 Å². The second-order valence-electron chi connectivity index (χ2n) is 4.14. The molecular formula is C15H17BrN2. The lowest BCUT2D eigenvalue weighted by molar-refractivity contribution is -0.693. The van der Waals surface area contributed by atoms with Crippen molar-refractivity contribution < 1.29 is 21.5 Å².